The first-order valence-corrected chi connectivity index (χ1v) is 12.1. The fourth-order valence-corrected chi connectivity index (χ4v) is 3.63. The molecule has 0 aliphatic carbocycles. The average molecular weight is 397 g/mol. The van der Waals surface area contributed by atoms with Crippen molar-refractivity contribution in [3.8, 4) is 0 Å². The standard InChI is InChI=1S/C25H48O3/c1-3-4-5-6-7-8-9-10-11-12-13-14-15-16-17-18-19-20-21-22-23-24(28-2)25(26)27/h8-9,24H,3-7,10-23H2,1-2H3,(H,26,27). The van der Waals surface area contributed by atoms with Crippen molar-refractivity contribution in [1.29, 1.82) is 0 Å². The highest BCUT2D eigenvalue weighted by Gasteiger charge is 2.14. The molecule has 1 unspecified atom stereocenters. The van der Waals surface area contributed by atoms with Crippen molar-refractivity contribution in [1.82, 2.24) is 0 Å². The van der Waals surface area contributed by atoms with Crippen molar-refractivity contribution in [2.24, 2.45) is 0 Å². The number of methoxy groups -OCH3 is 1. The molecule has 1 N–H and O–H groups in total. The minimum absolute atomic E-state index is 0.619. The highest BCUT2D eigenvalue weighted by Crippen LogP contribution is 2.14. The Balaban J connectivity index is 3.16. The SMILES string of the molecule is CCCCCCC=CCCCCCCCCCCCCCCC(OC)C(=O)O. The lowest BCUT2D eigenvalue weighted by Gasteiger charge is -2.09. The van der Waals surface area contributed by atoms with Crippen molar-refractivity contribution in [2.45, 2.75) is 135 Å². The maximum absolute atomic E-state index is 10.8. The van der Waals surface area contributed by atoms with Crippen LogP contribution in [0.2, 0.25) is 0 Å². The van der Waals surface area contributed by atoms with Crippen LogP contribution in [0.3, 0.4) is 0 Å². The molecule has 0 rings (SSSR count). The first kappa shape index (κ1) is 27.2. The van der Waals surface area contributed by atoms with Gasteiger partial charge < -0.3 is 9.84 Å². The second kappa shape index (κ2) is 22.5. The van der Waals surface area contributed by atoms with Crippen molar-refractivity contribution in [3.63, 3.8) is 0 Å². The average Bonchev–Trinajstić information content (AvgIpc) is 2.69. The molecule has 28 heavy (non-hydrogen) atoms. The lowest BCUT2D eigenvalue weighted by Crippen LogP contribution is -2.21. The van der Waals surface area contributed by atoms with Crippen LogP contribution in [0.25, 0.3) is 0 Å². The number of unbranched alkanes of at least 4 members (excludes halogenated alkanes) is 16. The molecule has 0 fully saturated rings. The third-order valence-corrected chi connectivity index (χ3v) is 5.54. The van der Waals surface area contributed by atoms with Crippen LogP contribution in [0.15, 0.2) is 12.2 Å². The van der Waals surface area contributed by atoms with Gasteiger partial charge in [-0.15, -0.1) is 0 Å². The summed E-state index contributed by atoms with van der Waals surface area (Å²) in [6, 6.07) is 0. The summed E-state index contributed by atoms with van der Waals surface area (Å²) in [5, 5.41) is 8.90. The van der Waals surface area contributed by atoms with E-state index in [1.54, 1.807) is 0 Å². The highest BCUT2D eigenvalue weighted by atomic mass is 16.5. The second-order valence-electron chi connectivity index (χ2n) is 8.20. The normalized spacial score (nSPS) is 12.6. The fraction of sp³-hybridized carbons (Fsp3) is 0.880. The molecule has 0 aromatic heterocycles. The molecule has 166 valence electrons. The Labute approximate surface area is 175 Å². The van der Waals surface area contributed by atoms with Gasteiger partial charge in [0.05, 0.1) is 0 Å². The number of rotatable bonds is 22. The summed E-state index contributed by atoms with van der Waals surface area (Å²) in [5.74, 6) is -0.836. The number of carboxylic acids is 1. The molecule has 0 spiro atoms. The van der Waals surface area contributed by atoms with Gasteiger partial charge >= 0.3 is 5.97 Å². The maximum Gasteiger partial charge on any atom is 0.332 e. The van der Waals surface area contributed by atoms with E-state index >= 15 is 0 Å². The van der Waals surface area contributed by atoms with E-state index in [-0.39, 0.29) is 0 Å². The largest absolute Gasteiger partial charge is 0.479 e. The molecule has 0 bridgehead atoms. The molecule has 0 aliphatic heterocycles. The number of ether oxygens (including phenoxy) is 1. The Bertz CT molecular complexity index is 352. The number of aliphatic carboxylic acids is 1. The zero-order valence-electron chi connectivity index (χ0n) is 18.9. The fourth-order valence-electron chi connectivity index (χ4n) is 3.63. The molecule has 0 saturated carbocycles. The van der Waals surface area contributed by atoms with Crippen molar-refractivity contribution < 1.29 is 14.6 Å². The van der Waals surface area contributed by atoms with Gasteiger partial charge in [-0.1, -0.05) is 109 Å². The Kier molecular flexibility index (Phi) is 21.8. The highest BCUT2D eigenvalue weighted by molar-refractivity contribution is 5.72. The van der Waals surface area contributed by atoms with Crippen LogP contribution in [0.4, 0.5) is 0 Å². The van der Waals surface area contributed by atoms with Crippen molar-refractivity contribution in [2.75, 3.05) is 7.11 Å². The zero-order valence-corrected chi connectivity index (χ0v) is 18.9. The van der Waals surface area contributed by atoms with Crippen LogP contribution < -0.4 is 0 Å². The first-order valence-electron chi connectivity index (χ1n) is 12.1. The van der Waals surface area contributed by atoms with Crippen LogP contribution in [0, 0.1) is 0 Å². The molecule has 0 heterocycles. The van der Waals surface area contributed by atoms with Crippen molar-refractivity contribution in [3.05, 3.63) is 12.2 Å². The van der Waals surface area contributed by atoms with Gasteiger partial charge in [-0.05, 0) is 32.1 Å². The number of allylic oxidation sites excluding steroid dienone is 2. The van der Waals surface area contributed by atoms with Gasteiger partial charge in [0.15, 0.2) is 6.10 Å². The predicted octanol–water partition coefficient (Wildman–Crippen LogP) is 8.07. The van der Waals surface area contributed by atoms with E-state index in [0.29, 0.717) is 6.42 Å². The van der Waals surface area contributed by atoms with E-state index in [1.165, 1.54) is 110 Å². The molecule has 0 saturated heterocycles. The van der Waals surface area contributed by atoms with E-state index in [0.717, 1.165) is 12.8 Å². The minimum atomic E-state index is -0.836. The maximum atomic E-state index is 10.8. The first-order chi connectivity index (χ1) is 13.7. The monoisotopic (exact) mass is 396 g/mol. The van der Waals surface area contributed by atoms with E-state index in [9.17, 15) is 4.79 Å². The topological polar surface area (TPSA) is 46.5 Å². The summed E-state index contributed by atoms with van der Waals surface area (Å²) in [6.07, 6.45) is 28.4. The van der Waals surface area contributed by atoms with Crippen LogP contribution in [0.1, 0.15) is 129 Å². The van der Waals surface area contributed by atoms with Gasteiger partial charge in [0.25, 0.3) is 0 Å². The van der Waals surface area contributed by atoms with Gasteiger partial charge in [-0.25, -0.2) is 4.79 Å². The molecule has 0 aromatic rings. The summed E-state index contributed by atoms with van der Waals surface area (Å²) < 4.78 is 4.95. The Morgan fingerprint density at radius 3 is 1.50 bits per heavy atom. The summed E-state index contributed by atoms with van der Waals surface area (Å²) >= 11 is 0. The summed E-state index contributed by atoms with van der Waals surface area (Å²) in [7, 11) is 1.48. The summed E-state index contributed by atoms with van der Waals surface area (Å²) in [6.45, 7) is 2.27. The van der Waals surface area contributed by atoms with Crippen LogP contribution in [-0.2, 0) is 9.53 Å². The van der Waals surface area contributed by atoms with Crippen LogP contribution in [0.5, 0.6) is 0 Å². The molecule has 0 aliphatic rings. The van der Waals surface area contributed by atoms with E-state index in [4.69, 9.17) is 9.84 Å². The van der Waals surface area contributed by atoms with Gasteiger partial charge in [-0.3, -0.25) is 0 Å². The molecule has 3 nitrogen and oxygen atoms in total. The van der Waals surface area contributed by atoms with Crippen LogP contribution >= 0.6 is 0 Å². The third kappa shape index (κ3) is 19.9. The number of carboxylic acid groups (broad SMARTS) is 1. The summed E-state index contributed by atoms with van der Waals surface area (Å²) in [4.78, 5) is 10.8. The molecule has 3 heteroatoms. The van der Waals surface area contributed by atoms with Gasteiger partial charge in [-0.2, -0.15) is 0 Å². The predicted molar refractivity (Wildman–Crippen MR) is 121 cm³/mol. The number of hydrogen-bond acceptors (Lipinski definition) is 2. The molecular weight excluding hydrogens is 348 g/mol. The Morgan fingerprint density at radius 1 is 0.714 bits per heavy atom. The molecule has 0 amide bonds. The minimum Gasteiger partial charge on any atom is -0.479 e. The lowest BCUT2D eigenvalue weighted by atomic mass is 10.0. The van der Waals surface area contributed by atoms with Crippen LogP contribution in [-0.4, -0.2) is 24.3 Å². The quantitative estimate of drug-likeness (QED) is 0.149. The lowest BCUT2D eigenvalue weighted by molar-refractivity contribution is -0.148. The number of carbonyl (C=O) groups is 1. The zero-order chi connectivity index (χ0) is 20.7. The molecule has 1 atom stereocenters. The Morgan fingerprint density at radius 2 is 1.11 bits per heavy atom. The molecule has 0 aromatic carbocycles. The van der Waals surface area contributed by atoms with Gasteiger partial charge in [0.2, 0.25) is 0 Å². The third-order valence-electron chi connectivity index (χ3n) is 5.54. The van der Waals surface area contributed by atoms with Crippen molar-refractivity contribution >= 4 is 5.97 Å². The Hall–Kier alpha value is -0.830. The second-order valence-corrected chi connectivity index (χ2v) is 8.20. The van der Waals surface area contributed by atoms with E-state index < -0.39 is 12.1 Å². The summed E-state index contributed by atoms with van der Waals surface area (Å²) in [5.41, 5.74) is 0. The number of hydrogen-bond donors (Lipinski definition) is 1. The van der Waals surface area contributed by atoms with Gasteiger partial charge in [0.1, 0.15) is 0 Å². The van der Waals surface area contributed by atoms with Gasteiger partial charge in [0, 0.05) is 7.11 Å². The van der Waals surface area contributed by atoms with E-state index in [1.807, 2.05) is 0 Å². The van der Waals surface area contributed by atoms with E-state index in [2.05, 4.69) is 19.1 Å². The molecular formula is C25H48O3. The smallest absolute Gasteiger partial charge is 0.332 e. The molecule has 0 radical (unpaired) electrons.